The zero-order chi connectivity index (χ0) is 19.5. The van der Waals surface area contributed by atoms with E-state index in [2.05, 4.69) is 10.2 Å². The Morgan fingerprint density at radius 2 is 2.00 bits per heavy atom. The first kappa shape index (κ1) is 17.2. The molecular formula is C23H25N3O3. The van der Waals surface area contributed by atoms with Crippen LogP contribution < -0.4 is 5.32 Å². The Hall–Kier alpha value is -2.63. The second kappa shape index (κ2) is 6.44. The number of hydrogen-bond acceptors (Lipinski definition) is 4. The van der Waals surface area contributed by atoms with Crippen molar-refractivity contribution in [1.29, 1.82) is 0 Å². The zero-order valence-corrected chi connectivity index (χ0v) is 16.3. The van der Waals surface area contributed by atoms with E-state index in [1.54, 1.807) is 6.26 Å². The summed E-state index contributed by atoms with van der Waals surface area (Å²) in [6.07, 6.45) is 7.78. The van der Waals surface area contributed by atoms with Gasteiger partial charge in [0.1, 0.15) is 11.5 Å². The number of nitrogens with zero attached hydrogens (tertiary/aromatic N) is 2. The van der Waals surface area contributed by atoms with Gasteiger partial charge < -0.3 is 14.6 Å². The molecular weight excluding hydrogens is 366 g/mol. The predicted octanol–water partition coefficient (Wildman–Crippen LogP) is 3.22. The van der Waals surface area contributed by atoms with E-state index in [1.807, 2.05) is 24.3 Å². The summed E-state index contributed by atoms with van der Waals surface area (Å²) in [5, 5.41) is 3.99. The van der Waals surface area contributed by atoms with Crippen LogP contribution in [0.4, 0.5) is 0 Å². The molecule has 0 bridgehead atoms. The van der Waals surface area contributed by atoms with E-state index in [-0.39, 0.29) is 35.9 Å². The van der Waals surface area contributed by atoms with Crippen LogP contribution in [-0.2, 0) is 9.59 Å². The number of benzene rings is 1. The molecule has 0 spiro atoms. The van der Waals surface area contributed by atoms with Gasteiger partial charge in [-0.3, -0.25) is 14.6 Å². The number of rotatable bonds is 2. The van der Waals surface area contributed by atoms with Crippen molar-refractivity contribution in [2.45, 2.75) is 56.7 Å². The van der Waals surface area contributed by atoms with Crippen LogP contribution in [0.3, 0.4) is 0 Å². The average molecular weight is 391 g/mol. The largest absolute Gasteiger partial charge is 0.464 e. The summed E-state index contributed by atoms with van der Waals surface area (Å²) in [6.45, 7) is 0.489. The fourth-order valence-corrected chi connectivity index (χ4v) is 5.57. The molecule has 29 heavy (non-hydrogen) atoms. The number of para-hydroxylation sites is 1. The molecule has 2 aliphatic carbocycles. The summed E-state index contributed by atoms with van der Waals surface area (Å²) in [4.78, 5) is 33.8. The molecule has 150 valence electrons. The Morgan fingerprint density at radius 3 is 2.86 bits per heavy atom. The topological polar surface area (TPSA) is 74.9 Å². The highest BCUT2D eigenvalue weighted by Crippen LogP contribution is 2.45. The fourth-order valence-electron chi connectivity index (χ4n) is 5.57. The summed E-state index contributed by atoms with van der Waals surface area (Å²) < 4.78 is 5.86. The summed E-state index contributed by atoms with van der Waals surface area (Å²) in [7, 11) is 0. The number of fused-ring (bicyclic) bond motifs is 3. The number of furan rings is 1. The van der Waals surface area contributed by atoms with Gasteiger partial charge in [-0.15, -0.1) is 0 Å². The van der Waals surface area contributed by atoms with Crippen LogP contribution in [0.2, 0.25) is 0 Å². The van der Waals surface area contributed by atoms with Gasteiger partial charge in [0.05, 0.1) is 30.9 Å². The van der Waals surface area contributed by atoms with Gasteiger partial charge in [0.15, 0.2) is 0 Å². The molecule has 0 radical (unpaired) electrons. The van der Waals surface area contributed by atoms with Gasteiger partial charge in [-0.2, -0.15) is 0 Å². The molecule has 2 saturated carbocycles. The molecule has 1 N–H and O–H groups in total. The predicted molar refractivity (Wildman–Crippen MR) is 109 cm³/mol. The number of aliphatic imine (C=N–C) groups is 1. The molecule has 2 aliphatic heterocycles. The van der Waals surface area contributed by atoms with Crippen molar-refractivity contribution in [2.24, 2.45) is 16.8 Å². The van der Waals surface area contributed by atoms with Gasteiger partial charge in [-0.05, 0) is 31.7 Å². The minimum absolute atomic E-state index is 0.0236. The van der Waals surface area contributed by atoms with Gasteiger partial charge in [0.25, 0.3) is 0 Å². The first-order valence-electron chi connectivity index (χ1n) is 10.8. The number of carbonyl (C=O) groups excluding carboxylic acids is 2. The van der Waals surface area contributed by atoms with Crippen molar-refractivity contribution in [3.8, 4) is 0 Å². The summed E-state index contributed by atoms with van der Waals surface area (Å²) in [5.74, 6) is -0.156. The van der Waals surface area contributed by atoms with Crippen LogP contribution in [0, 0.1) is 11.8 Å². The third-order valence-electron chi connectivity index (χ3n) is 7.09. The minimum atomic E-state index is -0.431. The SMILES string of the molecule is O=C1NCC2=N[C@@H]3CCCCC3N(C(=O)C3CC3)[C@H](c3cccc4ccoc34)C12. The second-order valence-corrected chi connectivity index (χ2v) is 8.89. The highest BCUT2D eigenvalue weighted by atomic mass is 16.3. The summed E-state index contributed by atoms with van der Waals surface area (Å²) >= 11 is 0. The van der Waals surface area contributed by atoms with Gasteiger partial charge in [-0.1, -0.05) is 31.0 Å². The van der Waals surface area contributed by atoms with Crippen LogP contribution >= 0.6 is 0 Å². The maximum absolute atomic E-state index is 13.6. The third-order valence-corrected chi connectivity index (χ3v) is 7.09. The molecule has 3 heterocycles. The number of hydrogen-bond donors (Lipinski definition) is 1. The van der Waals surface area contributed by atoms with E-state index in [1.165, 1.54) is 0 Å². The lowest BCUT2D eigenvalue weighted by atomic mass is 9.85. The van der Waals surface area contributed by atoms with Gasteiger partial charge >= 0.3 is 0 Å². The van der Waals surface area contributed by atoms with Gasteiger partial charge in [0, 0.05) is 22.6 Å². The van der Waals surface area contributed by atoms with E-state index in [0.29, 0.717) is 6.54 Å². The second-order valence-electron chi connectivity index (χ2n) is 8.89. The quantitative estimate of drug-likeness (QED) is 0.854. The smallest absolute Gasteiger partial charge is 0.231 e. The van der Waals surface area contributed by atoms with Crippen LogP contribution in [0.5, 0.6) is 0 Å². The van der Waals surface area contributed by atoms with E-state index in [4.69, 9.17) is 9.41 Å². The first-order valence-corrected chi connectivity index (χ1v) is 10.8. The molecule has 6 nitrogen and oxygen atoms in total. The van der Waals surface area contributed by atoms with E-state index in [9.17, 15) is 9.59 Å². The third kappa shape index (κ3) is 2.65. The number of carbonyl (C=O) groups is 2. The Labute approximate surface area is 169 Å². The Kier molecular flexibility index (Phi) is 3.83. The van der Waals surface area contributed by atoms with Crippen molar-refractivity contribution in [3.63, 3.8) is 0 Å². The fraction of sp³-hybridized carbons (Fsp3) is 0.522. The monoisotopic (exact) mass is 391 g/mol. The number of nitrogens with one attached hydrogen (secondary N) is 1. The Morgan fingerprint density at radius 1 is 1.14 bits per heavy atom. The standard InChI is InChI=1S/C23H25N3O3/c27-22-19-17(12-24-22)25-16-6-1-2-7-18(16)26(23(28)14-8-9-14)20(19)15-5-3-4-13-10-11-29-21(13)15/h3-5,10-11,14,16,18-20H,1-2,6-9,12H2,(H,24,27)/t16-,18?,19?,20-/m1/s1. The molecule has 4 atom stereocenters. The van der Waals surface area contributed by atoms with Crippen molar-refractivity contribution in [3.05, 3.63) is 36.1 Å². The molecule has 1 aromatic heterocycles. The molecule has 3 fully saturated rings. The summed E-state index contributed by atoms with van der Waals surface area (Å²) in [5.41, 5.74) is 2.62. The average Bonchev–Trinajstić information content (AvgIpc) is 3.41. The molecule has 4 aliphatic rings. The van der Waals surface area contributed by atoms with Crippen LogP contribution in [0.15, 0.2) is 39.9 Å². The van der Waals surface area contributed by atoms with Crippen LogP contribution in [-0.4, -0.2) is 41.1 Å². The normalized spacial score (nSPS) is 31.7. The molecule has 1 aromatic carbocycles. The number of amides is 2. The molecule has 2 unspecified atom stereocenters. The minimum Gasteiger partial charge on any atom is -0.464 e. The maximum atomic E-state index is 13.6. The van der Waals surface area contributed by atoms with E-state index in [0.717, 1.165) is 60.8 Å². The van der Waals surface area contributed by atoms with Crippen molar-refractivity contribution in [1.82, 2.24) is 10.2 Å². The molecule has 2 aromatic rings. The van der Waals surface area contributed by atoms with Gasteiger partial charge in [-0.25, -0.2) is 0 Å². The Balaban J connectivity index is 1.57. The lowest BCUT2D eigenvalue weighted by molar-refractivity contribution is -0.141. The van der Waals surface area contributed by atoms with Crippen molar-refractivity contribution in [2.75, 3.05) is 6.54 Å². The lowest BCUT2D eigenvalue weighted by Gasteiger charge is -2.42. The molecule has 6 rings (SSSR count). The molecule has 6 heteroatoms. The van der Waals surface area contributed by atoms with Crippen LogP contribution in [0.25, 0.3) is 11.0 Å². The zero-order valence-electron chi connectivity index (χ0n) is 16.3. The highest BCUT2D eigenvalue weighted by Gasteiger charge is 2.52. The molecule has 1 saturated heterocycles. The first-order chi connectivity index (χ1) is 14.2. The molecule has 2 amide bonds. The van der Waals surface area contributed by atoms with E-state index >= 15 is 0 Å². The van der Waals surface area contributed by atoms with Crippen molar-refractivity contribution >= 4 is 28.5 Å². The van der Waals surface area contributed by atoms with Crippen LogP contribution in [0.1, 0.15) is 50.1 Å². The van der Waals surface area contributed by atoms with Gasteiger partial charge in [0.2, 0.25) is 11.8 Å². The lowest BCUT2D eigenvalue weighted by Crippen LogP contribution is -2.51. The van der Waals surface area contributed by atoms with Crippen molar-refractivity contribution < 1.29 is 14.0 Å². The Bertz CT molecular complexity index is 1020. The maximum Gasteiger partial charge on any atom is 0.231 e. The van der Waals surface area contributed by atoms with E-state index < -0.39 is 5.92 Å². The highest BCUT2D eigenvalue weighted by molar-refractivity contribution is 6.12. The summed E-state index contributed by atoms with van der Waals surface area (Å²) in [6, 6.07) is 7.79.